The van der Waals surface area contributed by atoms with Crippen molar-refractivity contribution in [1.82, 2.24) is 5.32 Å². The van der Waals surface area contributed by atoms with E-state index < -0.39 is 12.4 Å². The number of alkyl carbamates (subject to hydrolysis) is 1. The van der Waals surface area contributed by atoms with Crippen LogP contribution in [0, 0.1) is 0 Å². The number of carbonyl (C=O) groups excluding carboxylic acids is 1. The molecule has 0 aromatic heterocycles. The molecule has 0 saturated heterocycles. The molecule has 0 rings (SSSR count). The summed E-state index contributed by atoms with van der Waals surface area (Å²) in [4.78, 5) is 11.2. The van der Waals surface area contributed by atoms with Gasteiger partial charge in [-0.1, -0.05) is 15.9 Å². The van der Waals surface area contributed by atoms with Crippen LogP contribution in [-0.4, -0.2) is 29.9 Å². The summed E-state index contributed by atoms with van der Waals surface area (Å²) in [7, 11) is 0. The maximum absolute atomic E-state index is 11.2. The number of ether oxygens (including phenoxy) is 2. The molecule has 0 radical (unpaired) electrons. The molecule has 5 heteroatoms. The summed E-state index contributed by atoms with van der Waals surface area (Å²) in [6.45, 7) is 7.86. The number of rotatable bonds is 4. The van der Waals surface area contributed by atoms with E-state index in [0.717, 1.165) is 5.33 Å². The monoisotopic (exact) mass is 267 g/mol. The van der Waals surface area contributed by atoms with Crippen LogP contribution < -0.4 is 5.32 Å². The number of amides is 1. The zero-order valence-corrected chi connectivity index (χ0v) is 10.7. The summed E-state index contributed by atoms with van der Waals surface area (Å²) < 4.78 is 10.1. The highest BCUT2D eigenvalue weighted by Gasteiger charge is 2.16. The van der Waals surface area contributed by atoms with Crippen molar-refractivity contribution in [1.29, 1.82) is 0 Å². The number of hydrogen-bond donors (Lipinski definition) is 1. The Balaban J connectivity index is 3.71. The topological polar surface area (TPSA) is 47.6 Å². The minimum absolute atomic E-state index is 0.285. The van der Waals surface area contributed by atoms with Gasteiger partial charge in [0.15, 0.2) is 0 Å². The van der Waals surface area contributed by atoms with E-state index in [-0.39, 0.29) is 5.54 Å². The lowest BCUT2D eigenvalue weighted by Gasteiger charge is -2.21. The van der Waals surface area contributed by atoms with E-state index in [1.165, 1.54) is 0 Å². The molecule has 0 spiro atoms. The Morgan fingerprint density at radius 1 is 1.50 bits per heavy atom. The van der Waals surface area contributed by atoms with Crippen molar-refractivity contribution in [2.45, 2.75) is 39.5 Å². The van der Waals surface area contributed by atoms with Crippen molar-refractivity contribution in [3.63, 3.8) is 0 Å². The quantitative estimate of drug-likeness (QED) is 0.628. The average molecular weight is 268 g/mol. The molecule has 1 N–H and O–H groups in total. The minimum atomic E-state index is -0.519. The fourth-order valence-corrected chi connectivity index (χ4v) is 0.918. The SMILES string of the molecule is CC(OCCBr)OC(=O)NC(C)(C)C. The predicted octanol–water partition coefficient (Wildman–Crippen LogP) is 2.27. The van der Waals surface area contributed by atoms with Crippen molar-refractivity contribution in [3.05, 3.63) is 0 Å². The smallest absolute Gasteiger partial charge is 0.409 e. The first-order valence-corrected chi connectivity index (χ1v) is 5.63. The second-order valence-corrected chi connectivity index (χ2v) is 4.70. The number of hydrogen-bond acceptors (Lipinski definition) is 3. The van der Waals surface area contributed by atoms with Gasteiger partial charge in [-0.3, -0.25) is 0 Å². The Labute approximate surface area is 93.5 Å². The molecule has 1 amide bonds. The van der Waals surface area contributed by atoms with E-state index in [1.54, 1.807) is 6.92 Å². The first-order chi connectivity index (χ1) is 6.35. The zero-order valence-electron chi connectivity index (χ0n) is 9.09. The standard InChI is InChI=1S/C9H18BrNO3/c1-7(13-6-5-10)14-8(12)11-9(2,3)4/h7H,5-6H2,1-4H3,(H,11,12). The van der Waals surface area contributed by atoms with Gasteiger partial charge in [-0.25, -0.2) is 4.79 Å². The van der Waals surface area contributed by atoms with Gasteiger partial charge in [0.1, 0.15) is 0 Å². The third-order valence-corrected chi connectivity index (χ3v) is 1.50. The van der Waals surface area contributed by atoms with E-state index in [0.29, 0.717) is 6.61 Å². The lowest BCUT2D eigenvalue weighted by Crippen LogP contribution is -2.42. The van der Waals surface area contributed by atoms with Crippen molar-refractivity contribution in [3.8, 4) is 0 Å². The van der Waals surface area contributed by atoms with E-state index in [1.807, 2.05) is 20.8 Å². The van der Waals surface area contributed by atoms with Crippen molar-refractivity contribution < 1.29 is 14.3 Å². The van der Waals surface area contributed by atoms with Crippen LogP contribution >= 0.6 is 15.9 Å². The lowest BCUT2D eigenvalue weighted by atomic mass is 10.1. The minimum Gasteiger partial charge on any atom is -0.420 e. The highest BCUT2D eigenvalue weighted by atomic mass is 79.9. The van der Waals surface area contributed by atoms with Crippen LogP contribution in [0.5, 0.6) is 0 Å². The molecule has 0 fully saturated rings. The van der Waals surface area contributed by atoms with E-state index in [9.17, 15) is 4.79 Å². The molecule has 0 aromatic carbocycles. The van der Waals surface area contributed by atoms with Gasteiger partial charge in [0, 0.05) is 10.9 Å². The molecular weight excluding hydrogens is 250 g/mol. The third kappa shape index (κ3) is 8.31. The van der Waals surface area contributed by atoms with E-state index in [4.69, 9.17) is 9.47 Å². The molecule has 0 aromatic rings. The molecule has 1 unspecified atom stereocenters. The van der Waals surface area contributed by atoms with Crippen molar-refractivity contribution >= 4 is 22.0 Å². The molecular formula is C9H18BrNO3. The van der Waals surface area contributed by atoms with Gasteiger partial charge in [0.25, 0.3) is 0 Å². The second kappa shape index (κ2) is 6.24. The first-order valence-electron chi connectivity index (χ1n) is 4.51. The largest absolute Gasteiger partial charge is 0.420 e. The summed E-state index contributed by atoms with van der Waals surface area (Å²) in [6.07, 6.45) is -0.977. The number of alkyl halides is 1. The highest BCUT2D eigenvalue weighted by Crippen LogP contribution is 2.01. The van der Waals surface area contributed by atoms with Gasteiger partial charge in [-0.2, -0.15) is 0 Å². The molecule has 0 aliphatic carbocycles. The number of nitrogens with one attached hydrogen (secondary N) is 1. The van der Waals surface area contributed by atoms with E-state index in [2.05, 4.69) is 21.2 Å². The van der Waals surface area contributed by atoms with Crippen LogP contribution in [0.15, 0.2) is 0 Å². The summed E-state index contributed by atoms with van der Waals surface area (Å²) in [5.74, 6) is 0. The molecule has 0 aliphatic rings. The second-order valence-electron chi connectivity index (χ2n) is 3.91. The van der Waals surface area contributed by atoms with Gasteiger partial charge < -0.3 is 14.8 Å². The van der Waals surface area contributed by atoms with Gasteiger partial charge in [-0.05, 0) is 27.7 Å². The van der Waals surface area contributed by atoms with Crippen molar-refractivity contribution in [2.24, 2.45) is 0 Å². The van der Waals surface area contributed by atoms with Crippen LogP contribution in [0.3, 0.4) is 0 Å². The lowest BCUT2D eigenvalue weighted by molar-refractivity contribution is -0.0866. The Kier molecular flexibility index (Phi) is 6.11. The molecule has 84 valence electrons. The zero-order chi connectivity index (χ0) is 11.2. The Morgan fingerprint density at radius 2 is 2.07 bits per heavy atom. The number of halogens is 1. The Morgan fingerprint density at radius 3 is 2.50 bits per heavy atom. The van der Waals surface area contributed by atoms with Crippen LogP contribution in [0.1, 0.15) is 27.7 Å². The molecule has 1 atom stereocenters. The summed E-state index contributed by atoms with van der Waals surface area (Å²) >= 11 is 3.21. The van der Waals surface area contributed by atoms with Gasteiger partial charge in [0.2, 0.25) is 6.29 Å². The van der Waals surface area contributed by atoms with Crippen LogP contribution in [0.25, 0.3) is 0 Å². The Bertz CT molecular complexity index is 179. The molecule has 4 nitrogen and oxygen atoms in total. The summed E-state index contributed by atoms with van der Waals surface area (Å²) in [5, 5.41) is 3.40. The normalized spacial score (nSPS) is 13.5. The van der Waals surface area contributed by atoms with E-state index >= 15 is 0 Å². The summed E-state index contributed by atoms with van der Waals surface area (Å²) in [6, 6.07) is 0. The van der Waals surface area contributed by atoms with Gasteiger partial charge in [-0.15, -0.1) is 0 Å². The molecule has 0 heterocycles. The van der Waals surface area contributed by atoms with Crippen LogP contribution in [0.2, 0.25) is 0 Å². The van der Waals surface area contributed by atoms with Crippen LogP contribution in [0.4, 0.5) is 4.79 Å². The maximum Gasteiger partial charge on any atom is 0.409 e. The molecule has 0 saturated carbocycles. The molecule has 0 aliphatic heterocycles. The number of carbonyl (C=O) groups is 1. The summed E-state index contributed by atoms with van der Waals surface area (Å²) in [5.41, 5.74) is -0.285. The fourth-order valence-electron chi connectivity index (χ4n) is 0.731. The fraction of sp³-hybridized carbons (Fsp3) is 0.889. The third-order valence-electron chi connectivity index (χ3n) is 1.18. The molecule has 0 bridgehead atoms. The highest BCUT2D eigenvalue weighted by molar-refractivity contribution is 9.09. The van der Waals surface area contributed by atoms with Crippen molar-refractivity contribution in [2.75, 3.05) is 11.9 Å². The maximum atomic E-state index is 11.2. The van der Waals surface area contributed by atoms with Gasteiger partial charge >= 0.3 is 6.09 Å². The Hall–Kier alpha value is -0.290. The predicted molar refractivity (Wildman–Crippen MR) is 58.6 cm³/mol. The van der Waals surface area contributed by atoms with Crippen LogP contribution in [-0.2, 0) is 9.47 Å². The molecule has 14 heavy (non-hydrogen) atoms. The first kappa shape index (κ1) is 13.7. The van der Waals surface area contributed by atoms with Gasteiger partial charge in [0.05, 0.1) is 6.61 Å². The average Bonchev–Trinajstić information content (AvgIpc) is 1.96.